The summed E-state index contributed by atoms with van der Waals surface area (Å²) >= 11 is 3.23. The number of thioether (sulfide) groups is 1. The Kier molecular flexibility index (Phi) is 3.06. The zero-order chi connectivity index (χ0) is 9.80. The first kappa shape index (κ1) is 9.55. The van der Waals surface area contributed by atoms with Crippen molar-refractivity contribution in [2.24, 2.45) is 0 Å². The summed E-state index contributed by atoms with van der Waals surface area (Å²) in [6, 6.07) is 12.3. The molecule has 0 aliphatic rings. The fourth-order valence-corrected chi connectivity index (χ4v) is 2.69. The van der Waals surface area contributed by atoms with Gasteiger partial charge in [0.15, 0.2) is 0 Å². The third kappa shape index (κ3) is 2.49. The van der Waals surface area contributed by atoms with Crippen molar-refractivity contribution in [1.29, 1.82) is 0 Å². The molecule has 14 heavy (non-hydrogen) atoms. The van der Waals surface area contributed by atoms with Crippen LogP contribution < -0.4 is 5.73 Å². The fourth-order valence-electron chi connectivity index (χ4n) is 1.07. The lowest BCUT2D eigenvalue weighted by Crippen LogP contribution is -1.80. The molecule has 0 unspecified atom stereocenters. The van der Waals surface area contributed by atoms with E-state index in [-0.39, 0.29) is 0 Å². The molecule has 0 aliphatic carbocycles. The van der Waals surface area contributed by atoms with E-state index in [1.807, 2.05) is 12.1 Å². The number of aromatic nitrogens is 1. The minimum absolute atomic E-state index is 0.616. The molecule has 0 radical (unpaired) electrons. The molecule has 0 bridgehead atoms. The predicted octanol–water partition coefficient (Wildman–Crippen LogP) is 3.02. The largest absolute Gasteiger partial charge is 0.383 e. The summed E-state index contributed by atoms with van der Waals surface area (Å²) in [5, 5.41) is 0. The van der Waals surface area contributed by atoms with Crippen LogP contribution in [0.5, 0.6) is 0 Å². The van der Waals surface area contributed by atoms with Gasteiger partial charge in [0, 0.05) is 11.8 Å². The van der Waals surface area contributed by atoms with Crippen LogP contribution in [0.4, 0.5) is 5.82 Å². The van der Waals surface area contributed by atoms with Crippen LogP contribution in [0.1, 0.15) is 5.56 Å². The molecule has 1 heterocycles. The molecule has 0 atom stereocenters. The molecule has 0 aliphatic heterocycles. The van der Waals surface area contributed by atoms with Gasteiger partial charge in [-0.3, -0.25) is 0 Å². The zero-order valence-corrected chi connectivity index (χ0v) is 9.15. The maximum atomic E-state index is 5.53. The lowest BCUT2D eigenvalue weighted by atomic mass is 10.2. The van der Waals surface area contributed by atoms with Crippen molar-refractivity contribution in [3.05, 3.63) is 42.0 Å². The van der Waals surface area contributed by atoms with E-state index in [4.69, 9.17) is 5.73 Å². The molecule has 0 saturated carbocycles. The van der Waals surface area contributed by atoms with Crippen molar-refractivity contribution in [3.63, 3.8) is 0 Å². The van der Waals surface area contributed by atoms with E-state index < -0.39 is 0 Å². The van der Waals surface area contributed by atoms with E-state index in [1.54, 1.807) is 11.8 Å². The Balaban J connectivity index is 1.95. The van der Waals surface area contributed by atoms with Gasteiger partial charge in [0.05, 0.1) is 4.21 Å². The molecule has 0 saturated heterocycles. The minimum Gasteiger partial charge on any atom is -0.383 e. The second kappa shape index (κ2) is 4.48. The van der Waals surface area contributed by atoms with Crippen LogP contribution in [0.2, 0.25) is 0 Å². The number of hydrogen-bond donors (Lipinski definition) is 1. The summed E-state index contributed by atoms with van der Waals surface area (Å²) in [5.74, 6) is 1.59. The molecule has 0 amide bonds. The average Bonchev–Trinajstić information content (AvgIpc) is 2.63. The van der Waals surface area contributed by atoms with Gasteiger partial charge in [0.2, 0.25) is 0 Å². The average molecular weight is 222 g/mol. The normalized spacial score (nSPS) is 10.3. The fraction of sp³-hybridized carbons (Fsp3) is 0.100. The van der Waals surface area contributed by atoms with E-state index in [0.717, 1.165) is 5.75 Å². The topological polar surface area (TPSA) is 38.9 Å². The molecule has 0 spiro atoms. The van der Waals surface area contributed by atoms with Gasteiger partial charge in [-0.1, -0.05) is 30.3 Å². The van der Waals surface area contributed by atoms with Crippen LogP contribution in [0, 0.1) is 0 Å². The molecule has 72 valence electrons. The highest BCUT2D eigenvalue weighted by Crippen LogP contribution is 2.27. The highest BCUT2D eigenvalue weighted by atomic mass is 32.2. The SMILES string of the molecule is Nc1cc(SCc2ccccc2)sn1. The summed E-state index contributed by atoms with van der Waals surface area (Å²) in [5.41, 5.74) is 6.86. The number of nitrogens with zero attached hydrogens (tertiary/aromatic N) is 1. The van der Waals surface area contributed by atoms with Gasteiger partial charge in [0.25, 0.3) is 0 Å². The quantitative estimate of drug-likeness (QED) is 0.811. The summed E-state index contributed by atoms with van der Waals surface area (Å²) in [6.45, 7) is 0. The summed E-state index contributed by atoms with van der Waals surface area (Å²) in [7, 11) is 0. The van der Waals surface area contributed by atoms with Gasteiger partial charge in [-0.25, -0.2) is 0 Å². The lowest BCUT2D eigenvalue weighted by Gasteiger charge is -1.97. The first-order valence-electron chi connectivity index (χ1n) is 4.23. The van der Waals surface area contributed by atoms with Crippen molar-refractivity contribution in [2.75, 3.05) is 5.73 Å². The van der Waals surface area contributed by atoms with Gasteiger partial charge >= 0.3 is 0 Å². The maximum Gasteiger partial charge on any atom is 0.138 e. The van der Waals surface area contributed by atoms with Gasteiger partial charge in [-0.05, 0) is 17.1 Å². The minimum atomic E-state index is 0.616. The predicted molar refractivity (Wildman–Crippen MR) is 62.5 cm³/mol. The van der Waals surface area contributed by atoms with Crippen molar-refractivity contribution >= 4 is 29.1 Å². The Labute approximate surface area is 91.3 Å². The van der Waals surface area contributed by atoms with E-state index in [1.165, 1.54) is 21.3 Å². The van der Waals surface area contributed by atoms with Crippen LogP contribution in [0.15, 0.2) is 40.6 Å². The third-order valence-electron chi connectivity index (χ3n) is 1.73. The van der Waals surface area contributed by atoms with Gasteiger partial charge < -0.3 is 5.73 Å². The summed E-state index contributed by atoms with van der Waals surface area (Å²) in [4.78, 5) is 0. The molecule has 4 heteroatoms. The van der Waals surface area contributed by atoms with Crippen molar-refractivity contribution in [2.45, 2.75) is 9.96 Å². The Morgan fingerprint density at radius 2 is 2.07 bits per heavy atom. The van der Waals surface area contributed by atoms with Crippen LogP contribution in [0.3, 0.4) is 0 Å². The number of anilines is 1. The number of hydrogen-bond acceptors (Lipinski definition) is 4. The molecular weight excluding hydrogens is 212 g/mol. The Morgan fingerprint density at radius 3 is 2.71 bits per heavy atom. The molecule has 1 aromatic carbocycles. The molecule has 2 aromatic rings. The third-order valence-corrected chi connectivity index (χ3v) is 3.79. The zero-order valence-electron chi connectivity index (χ0n) is 7.51. The van der Waals surface area contributed by atoms with Gasteiger partial charge in [0.1, 0.15) is 5.82 Å². The molecule has 1 aromatic heterocycles. The van der Waals surface area contributed by atoms with Crippen LogP contribution in [0.25, 0.3) is 0 Å². The molecular formula is C10H10N2S2. The Bertz CT molecular complexity index is 398. The van der Waals surface area contributed by atoms with Crippen molar-refractivity contribution in [3.8, 4) is 0 Å². The van der Waals surface area contributed by atoms with E-state index in [2.05, 4.69) is 28.6 Å². The van der Waals surface area contributed by atoms with E-state index >= 15 is 0 Å². The van der Waals surface area contributed by atoms with Crippen molar-refractivity contribution < 1.29 is 0 Å². The molecule has 0 fully saturated rings. The van der Waals surface area contributed by atoms with E-state index in [9.17, 15) is 0 Å². The lowest BCUT2D eigenvalue weighted by molar-refractivity contribution is 1.41. The van der Waals surface area contributed by atoms with Crippen LogP contribution in [-0.2, 0) is 5.75 Å². The van der Waals surface area contributed by atoms with Crippen LogP contribution >= 0.6 is 23.3 Å². The second-order valence-corrected chi connectivity index (χ2v) is 4.93. The first-order chi connectivity index (χ1) is 6.84. The Morgan fingerprint density at radius 1 is 1.29 bits per heavy atom. The van der Waals surface area contributed by atoms with Gasteiger partial charge in [-0.15, -0.1) is 11.8 Å². The molecule has 2 N–H and O–H groups in total. The monoisotopic (exact) mass is 222 g/mol. The van der Waals surface area contributed by atoms with Gasteiger partial charge in [-0.2, -0.15) is 4.37 Å². The second-order valence-electron chi connectivity index (χ2n) is 2.85. The first-order valence-corrected chi connectivity index (χ1v) is 5.99. The van der Waals surface area contributed by atoms with Crippen molar-refractivity contribution in [1.82, 2.24) is 4.37 Å². The molecule has 2 rings (SSSR count). The smallest absolute Gasteiger partial charge is 0.138 e. The number of rotatable bonds is 3. The van der Waals surface area contributed by atoms with E-state index in [0.29, 0.717) is 5.82 Å². The summed E-state index contributed by atoms with van der Waals surface area (Å²) < 4.78 is 5.20. The standard InChI is InChI=1S/C10H10N2S2/c11-9-6-10(14-12-9)13-7-8-4-2-1-3-5-8/h1-6H,7H2,(H2,11,12). The highest BCUT2D eigenvalue weighted by Gasteiger charge is 1.99. The van der Waals surface area contributed by atoms with Crippen LogP contribution in [-0.4, -0.2) is 4.37 Å². The number of nitrogens with two attached hydrogens (primary N) is 1. The number of nitrogen functional groups attached to an aromatic ring is 1. The highest BCUT2D eigenvalue weighted by molar-refractivity contribution is 8.00. The molecule has 2 nitrogen and oxygen atoms in total. The summed E-state index contributed by atoms with van der Waals surface area (Å²) in [6.07, 6.45) is 0. The number of benzene rings is 1. The maximum absolute atomic E-state index is 5.53. The Hall–Kier alpha value is -1.00.